The molecule has 0 bridgehead atoms. The summed E-state index contributed by atoms with van der Waals surface area (Å²) in [5.41, 5.74) is 9.07. The fourth-order valence-corrected chi connectivity index (χ4v) is 3.89. The van der Waals surface area contributed by atoms with Crippen LogP contribution in [0.4, 0.5) is 10.1 Å². The molecule has 6 nitrogen and oxygen atoms in total. The Morgan fingerprint density at radius 3 is 2.61 bits per heavy atom. The summed E-state index contributed by atoms with van der Waals surface area (Å²) in [7, 11) is 0. The number of likely N-dealkylation sites (tertiary alicyclic amines) is 1. The molecule has 7 heteroatoms. The van der Waals surface area contributed by atoms with Gasteiger partial charge in [-0.1, -0.05) is 18.2 Å². The van der Waals surface area contributed by atoms with Crippen molar-refractivity contribution in [3.05, 3.63) is 83.9 Å². The molecule has 1 atom stereocenters. The number of carbonyl (C=O) groups is 2. The molecule has 31 heavy (non-hydrogen) atoms. The summed E-state index contributed by atoms with van der Waals surface area (Å²) in [6.45, 7) is 1.05. The Morgan fingerprint density at radius 2 is 1.90 bits per heavy atom. The van der Waals surface area contributed by atoms with E-state index in [1.807, 2.05) is 18.2 Å². The van der Waals surface area contributed by atoms with Crippen molar-refractivity contribution in [2.24, 2.45) is 5.73 Å². The van der Waals surface area contributed by atoms with Crippen molar-refractivity contribution in [2.75, 3.05) is 18.4 Å². The van der Waals surface area contributed by atoms with Crippen LogP contribution in [0.2, 0.25) is 0 Å². The van der Waals surface area contributed by atoms with Gasteiger partial charge in [0.15, 0.2) is 0 Å². The zero-order valence-corrected chi connectivity index (χ0v) is 16.9. The average Bonchev–Trinajstić information content (AvgIpc) is 3.23. The third-order valence-electron chi connectivity index (χ3n) is 5.45. The lowest BCUT2D eigenvalue weighted by atomic mass is 10.0. The van der Waals surface area contributed by atoms with Crippen molar-refractivity contribution in [2.45, 2.75) is 18.9 Å². The second-order valence-corrected chi connectivity index (χ2v) is 7.60. The predicted molar refractivity (Wildman–Crippen MR) is 117 cm³/mol. The van der Waals surface area contributed by atoms with E-state index in [4.69, 9.17) is 5.73 Å². The van der Waals surface area contributed by atoms with Gasteiger partial charge in [-0.3, -0.25) is 19.5 Å². The van der Waals surface area contributed by atoms with Gasteiger partial charge >= 0.3 is 0 Å². The van der Waals surface area contributed by atoms with Crippen LogP contribution in [0.25, 0.3) is 11.1 Å². The lowest BCUT2D eigenvalue weighted by Crippen LogP contribution is -2.33. The van der Waals surface area contributed by atoms with Gasteiger partial charge in [0, 0.05) is 23.0 Å². The van der Waals surface area contributed by atoms with Crippen LogP contribution < -0.4 is 11.1 Å². The molecule has 1 saturated heterocycles. The zero-order chi connectivity index (χ0) is 21.8. The lowest BCUT2D eigenvalue weighted by molar-refractivity contribution is -0.117. The summed E-state index contributed by atoms with van der Waals surface area (Å²) in [5, 5.41) is 2.81. The van der Waals surface area contributed by atoms with Gasteiger partial charge < -0.3 is 11.1 Å². The van der Waals surface area contributed by atoms with Gasteiger partial charge in [-0.05, 0) is 67.4 Å². The first kappa shape index (κ1) is 20.7. The molecule has 1 aromatic heterocycles. The second-order valence-electron chi connectivity index (χ2n) is 7.60. The number of hydrogen-bond acceptors (Lipinski definition) is 4. The van der Waals surface area contributed by atoms with Crippen molar-refractivity contribution in [3.63, 3.8) is 0 Å². The third kappa shape index (κ3) is 4.95. The summed E-state index contributed by atoms with van der Waals surface area (Å²) in [5.74, 6) is -0.946. The van der Waals surface area contributed by atoms with Crippen LogP contribution in [0.1, 0.15) is 34.9 Å². The number of benzene rings is 2. The number of nitrogens with zero attached hydrogens (tertiary/aromatic N) is 2. The minimum Gasteiger partial charge on any atom is -0.366 e. The van der Waals surface area contributed by atoms with Crippen LogP contribution in [-0.2, 0) is 4.79 Å². The molecule has 2 heterocycles. The number of primary amides is 1. The number of hydrogen-bond donors (Lipinski definition) is 2. The minimum absolute atomic E-state index is 0.0602. The van der Waals surface area contributed by atoms with Crippen molar-refractivity contribution < 1.29 is 14.0 Å². The maximum Gasteiger partial charge on any atom is 0.248 e. The van der Waals surface area contributed by atoms with Crippen LogP contribution in [0.5, 0.6) is 0 Å². The highest BCUT2D eigenvalue weighted by Gasteiger charge is 2.28. The largest absolute Gasteiger partial charge is 0.366 e. The Morgan fingerprint density at radius 1 is 1.10 bits per heavy atom. The molecule has 0 saturated carbocycles. The van der Waals surface area contributed by atoms with Crippen LogP contribution in [0.3, 0.4) is 0 Å². The Kier molecular flexibility index (Phi) is 6.04. The summed E-state index contributed by atoms with van der Waals surface area (Å²) in [6, 6.07) is 16.9. The SMILES string of the molecule is NC(=O)c1cccc(-c2ccc(C3CCCN3CC(=O)Nc3ccc(F)cc3)nc2)c1. The molecular weight excluding hydrogens is 395 g/mol. The van der Waals surface area contributed by atoms with Crippen molar-refractivity contribution in [3.8, 4) is 11.1 Å². The molecule has 2 amide bonds. The number of carbonyl (C=O) groups excluding carboxylic acids is 2. The first-order valence-electron chi connectivity index (χ1n) is 10.2. The number of nitrogens with two attached hydrogens (primary N) is 1. The number of rotatable bonds is 6. The van der Waals surface area contributed by atoms with Crippen molar-refractivity contribution >= 4 is 17.5 Å². The molecule has 0 radical (unpaired) electrons. The maximum absolute atomic E-state index is 13.0. The fraction of sp³-hybridized carbons (Fsp3) is 0.208. The highest BCUT2D eigenvalue weighted by atomic mass is 19.1. The highest BCUT2D eigenvalue weighted by molar-refractivity contribution is 5.94. The summed E-state index contributed by atoms with van der Waals surface area (Å²) in [6.07, 6.45) is 3.69. The van der Waals surface area contributed by atoms with Crippen molar-refractivity contribution in [1.29, 1.82) is 0 Å². The van der Waals surface area contributed by atoms with E-state index in [0.29, 0.717) is 11.3 Å². The second kappa shape index (κ2) is 9.06. The van der Waals surface area contributed by atoms with Gasteiger partial charge in [-0.2, -0.15) is 0 Å². The molecule has 2 aromatic carbocycles. The number of pyridine rings is 1. The topological polar surface area (TPSA) is 88.3 Å². The summed E-state index contributed by atoms with van der Waals surface area (Å²) < 4.78 is 13.0. The van der Waals surface area contributed by atoms with Crippen LogP contribution in [0, 0.1) is 5.82 Å². The van der Waals surface area contributed by atoms with E-state index in [0.717, 1.165) is 36.2 Å². The van der Waals surface area contributed by atoms with Gasteiger partial charge in [0.2, 0.25) is 11.8 Å². The van der Waals surface area contributed by atoms with E-state index in [1.54, 1.807) is 36.5 Å². The lowest BCUT2D eigenvalue weighted by Gasteiger charge is -2.23. The standard InChI is InChI=1S/C24H23FN4O2/c25-19-7-9-20(10-8-19)28-23(30)15-29-12-2-5-22(29)21-11-6-18(14-27-21)16-3-1-4-17(13-16)24(26)31/h1,3-4,6-11,13-14,22H,2,5,12,15H2,(H2,26,31)(H,28,30). The maximum atomic E-state index is 13.0. The fourth-order valence-electron chi connectivity index (χ4n) is 3.89. The van der Waals surface area contributed by atoms with Gasteiger partial charge in [0.05, 0.1) is 18.3 Å². The van der Waals surface area contributed by atoms with E-state index < -0.39 is 5.91 Å². The number of halogens is 1. The van der Waals surface area contributed by atoms with E-state index >= 15 is 0 Å². The normalized spacial score (nSPS) is 16.2. The number of anilines is 1. The Hall–Kier alpha value is -3.58. The van der Waals surface area contributed by atoms with Crippen LogP contribution >= 0.6 is 0 Å². The first-order valence-corrected chi connectivity index (χ1v) is 10.2. The molecule has 3 N–H and O–H groups in total. The molecule has 1 aliphatic rings. The number of amides is 2. The van der Waals surface area contributed by atoms with E-state index in [2.05, 4.69) is 15.2 Å². The number of aromatic nitrogens is 1. The van der Waals surface area contributed by atoms with Gasteiger partial charge in [-0.15, -0.1) is 0 Å². The third-order valence-corrected chi connectivity index (χ3v) is 5.45. The highest BCUT2D eigenvalue weighted by Crippen LogP contribution is 2.31. The van der Waals surface area contributed by atoms with E-state index in [9.17, 15) is 14.0 Å². The molecule has 3 aromatic rings. The molecule has 0 spiro atoms. The molecular formula is C24H23FN4O2. The molecule has 1 fully saturated rings. The first-order chi connectivity index (χ1) is 15.0. The molecule has 4 rings (SSSR count). The van der Waals surface area contributed by atoms with Gasteiger partial charge in [0.25, 0.3) is 0 Å². The zero-order valence-electron chi connectivity index (χ0n) is 16.9. The van der Waals surface area contributed by atoms with Crippen LogP contribution in [0.15, 0.2) is 66.9 Å². The average molecular weight is 418 g/mol. The van der Waals surface area contributed by atoms with E-state index in [1.165, 1.54) is 12.1 Å². The van der Waals surface area contributed by atoms with Gasteiger partial charge in [0.1, 0.15) is 5.82 Å². The predicted octanol–water partition coefficient (Wildman–Crippen LogP) is 3.76. The molecule has 158 valence electrons. The Labute approximate surface area is 179 Å². The molecule has 1 unspecified atom stereocenters. The summed E-state index contributed by atoms with van der Waals surface area (Å²) >= 11 is 0. The van der Waals surface area contributed by atoms with Crippen LogP contribution in [-0.4, -0.2) is 34.8 Å². The quantitative estimate of drug-likeness (QED) is 0.638. The minimum atomic E-state index is -0.466. The smallest absolute Gasteiger partial charge is 0.248 e. The van der Waals surface area contributed by atoms with Crippen molar-refractivity contribution in [1.82, 2.24) is 9.88 Å². The molecule has 1 aliphatic heterocycles. The van der Waals surface area contributed by atoms with Gasteiger partial charge in [-0.25, -0.2) is 4.39 Å². The Bertz CT molecular complexity index is 1080. The monoisotopic (exact) mass is 418 g/mol. The van der Waals surface area contributed by atoms with E-state index in [-0.39, 0.29) is 24.3 Å². The summed E-state index contributed by atoms with van der Waals surface area (Å²) in [4.78, 5) is 30.6. The Balaban J connectivity index is 1.43. The number of nitrogens with one attached hydrogen (secondary N) is 1. The molecule has 0 aliphatic carbocycles.